The Morgan fingerprint density at radius 2 is 1.63 bits per heavy atom. The van der Waals surface area contributed by atoms with Crippen molar-refractivity contribution < 1.29 is 4.74 Å². The second kappa shape index (κ2) is 7.47. The van der Waals surface area contributed by atoms with Crippen molar-refractivity contribution in [2.45, 2.75) is 25.4 Å². The summed E-state index contributed by atoms with van der Waals surface area (Å²) in [4.78, 5) is 4.12. The molecule has 27 heavy (non-hydrogen) atoms. The van der Waals surface area contributed by atoms with Crippen LogP contribution in [0.3, 0.4) is 0 Å². The van der Waals surface area contributed by atoms with Gasteiger partial charge in [0, 0.05) is 30.3 Å². The van der Waals surface area contributed by atoms with E-state index in [-0.39, 0.29) is 12.0 Å². The molecule has 0 N–H and O–H groups in total. The Morgan fingerprint density at radius 3 is 2.30 bits per heavy atom. The number of nitriles is 1. The number of hydrogen-bond acceptors (Lipinski definition) is 3. The number of nitrogens with zero attached hydrogens (tertiary/aromatic N) is 2. The van der Waals surface area contributed by atoms with Crippen molar-refractivity contribution in [2.24, 2.45) is 0 Å². The van der Waals surface area contributed by atoms with Crippen LogP contribution in [-0.4, -0.2) is 4.98 Å². The Bertz CT molecular complexity index is 986. The second-order valence-corrected chi connectivity index (χ2v) is 6.81. The lowest BCUT2D eigenvalue weighted by Gasteiger charge is -2.32. The summed E-state index contributed by atoms with van der Waals surface area (Å²) in [5.74, 6) is 0.657. The standard InChI is InChI=1S/C24H20N2O/c1-17-7-9-19(10-8-17)23-15-21(18-11-13-26-14-12-18)22(16-25)24(27-23)20-5-3-2-4-6-20/h2-14,21,23H,15H2,1H3/t21-,23-/m1/s1. The average molecular weight is 352 g/mol. The van der Waals surface area contributed by atoms with Crippen LogP contribution in [0, 0.1) is 18.3 Å². The van der Waals surface area contributed by atoms with Crippen LogP contribution in [0.5, 0.6) is 0 Å². The first-order valence-corrected chi connectivity index (χ1v) is 9.09. The van der Waals surface area contributed by atoms with Gasteiger partial charge in [-0.25, -0.2) is 0 Å². The topological polar surface area (TPSA) is 45.9 Å². The van der Waals surface area contributed by atoms with Gasteiger partial charge in [0.15, 0.2) is 0 Å². The van der Waals surface area contributed by atoms with Gasteiger partial charge in [-0.2, -0.15) is 5.26 Å². The molecule has 0 fully saturated rings. The van der Waals surface area contributed by atoms with Crippen LogP contribution in [0.2, 0.25) is 0 Å². The highest BCUT2D eigenvalue weighted by Crippen LogP contribution is 2.45. The van der Waals surface area contributed by atoms with Crippen molar-refractivity contribution in [3.63, 3.8) is 0 Å². The molecule has 0 amide bonds. The van der Waals surface area contributed by atoms with Crippen molar-refractivity contribution in [2.75, 3.05) is 0 Å². The minimum Gasteiger partial charge on any atom is -0.484 e. The average Bonchev–Trinajstić information content (AvgIpc) is 2.74. The van der Waals surface area contributed by atoms with Crippen LogP contribution in [0.25, 0.3) is 5.76 Å². The van der Waals surface area contributed by atoms with E-state index in [1.807, 2.05) is 42.5 Å². The predicted octanol–water partition coefficient (Wildman–Crippen LogP) is 5.57. The number of allylic oxidation sites excluding steroid dienone is 1. The highest BCUT2D eigenvalue weighted by molar-refractivity contribution is 5.70. The van der Waals surface area contributed by atoms with Crippen molar-refractivity contribution in [1.82, 2.24) is 4.98 Å². The molecule has 4 rings (SSSR count). The first kappa shape index (κ1) is 17.1. The maximum atomic E-state index is 9.94. The monoisotopic (exact) mass is 352 g/mol. The highest BCUT2D eigenvalue weighted by atomic mass is 16.5. The summed E-state index contributed by atoms with van der Waals surface area (Å²) in [5, 5.41) is 9.94. The lowest BCUT2D eigenvalue weighted by molar-refractivity contribution is 0.138. The van der Waals surface area contributed by atoms with E-state index in [0.29, 0.717) is 11.3 Å². The van der Waals surface area contributed by atoms with Gasteiger partial charge in [-0.3, -0.25) is 4.98 Å². The number of aromatic nitrogens is 1. The largest absolute Gasteiger partial charge is 0.484 e. The Morgan fingerprint density at radius 1 is 0.926 bits per heavy atom. The summed E-state index contributed by atoms with van der Waals surface area (Å²) in [5.41, 5.74) is 5.05. The molecule has 132 valence electrons. The summed E-state index contributed by atoms with van der Waals surface area (Å²) >= 11 is 0. The van der Waals surface area contributed by atoms with Gasteiger partial charge in [0.2, 0.25) is 0 Å². The molecule has 2 heterocycles. The van der Waals surface area contributed by atoms with Gasteiger partial charge in [-0.15, -0.1) is 0 Å². The Kier molecular flexibility index (Phi) is 4.72. The zero-order valence-corrected chi connectivity index (χ0v) is 15.2. The van der Waals surface area contributed by atoms with Crippen molar-refractivity contribution in [3.8, 4) is 6.07 Å². The quantitative estimate of drug-likeness (QED) is 0.619. The van der Waals surface area contributed by atoms with Crippen LogP contribution >= 0.6 is 0 Å². The first-order valence-electron chi connectivity index (χ1n) is 9.09. The Balaban J connectivity index is 1.83. The van der Waals surface area contributed by atoms with Gasteiger partial charge in [-0.1, -0.05) is 60.2 Å². The predicted molar refractivity (Wildman–Crippen MR) is 106 cm³/mol. The molecule has 3 aromatic rings. The molecule has 0 bridgehead atoms. The Labute approximate surface area is 159 Å². The van der Waals surface area contributed by atoms with Gasteiger partial charge in [0.05, 0.1) is 11.6 Å². The normalized spacial score (nSPS) is 19.3. The van der Waals surface area contributed by atoms with E-state index in [1.54, 1.807) is 12.4 Å². The zero-order chi connectivity index (χ0) is 18.6. The number of pyridine rings is 1. The summed E-state index contributed by atoms with van der Waals surface area (Å²) in [6.45, 7) is 2.08. The molecule has 0 radical (unpaired) electrons. The smallest absolute Gasteiger partial charge is 0.141 e. The molecular formula is C24H20N2O. The molecule has 1 aliphatic rings. The fourth-order valence-electron chi connectivity index (χ4n) is 3.57. The molecule has 2 atom stereocenters. The maximum Gasteiger partial charge on any atom is 0.141 e. The molecule has 0 spiro atoms. The van der Waals surface area contributed by atoms with E-state index < -0.39 is 0 Å². The molecule has 0 aliphatic carbocycles. The van der Waals surface area contributed by atoms with Crippen LogP contribution < -0.4 is 0 Å². The van der Waals surface area contributed by atoms with Gasteiger partial charge in [0.1, 0.15) is 11.9 Å². The highest BCUT2D eigenvalue weighted by Gasteiger charge is 2.33. The summed E-state index contributed by atoms with van der Waals surface area (Å²) < 4.78 is 6.40. The fourth-order valence-corrected chi connectivity index (χ4v) is 3.57. The number of benzene rings is 2. The van der Waals surface area contributed by atoms with Gasteiger partial charge in [0.25, 0.3) is 0 Å². The molecule has 0 unspecified atom stereocenters. The summed E-state index contributed by atoms with van der Waals surface area (Å²) in [6, 6.07) is 24.7. The third-order valence-corrected chi connectivity index (χ3v) is 5.02. The van der Waals surface area contributed by atoms with Crippen LogP contribution in [0.15, 0.2) is 84.7 Å². The van der Waals surface area contributed by atoms with E-state index in [9.17, 15) is 5.26 Å². The van der Waals surface area contributed by atoms with Gasteiger partial charge in [-0.05, 0) is 30.2 Å². The minimum atomic E-state index is -0.101. The second-order valence-electron chi connectivity index (χ2n) is 6.81. The van der Waals surface area contributed by atoms with Crippen LogP contribution in [0.1, 0.15) is 40.7 Å². The molecule has 0 saturated heterocycles. The lowest BCUT2D eigenvalue weighted by atomic mass is 9.82. The SMILES string of the molecule is Cc1ccc([C@H]2C[C@H](c3ccncc3)C(C#N)=C(c3ccccc3)O2)cc1. The zero-order valence-electron chi connectivity index (χ0n) is 15.2. The van der Waals surface area contributed by atoms with E-state index in [2.05, 4.69) is 42.2 Å². The molecule has 2 aromatic carbocycles. The lowest BCUT2D eigenvalue weighted by Crippen LogP contribution is -2.19. The van der Waals surface area contributed by atoms with Crippen molar-refractivity contribution in [1.29, 1.82) is 5.26 Å². The number of rotatable bonds is 3. The molecular weight excluding hydrogens is 332 g/mol. The first-order chi connectivity index (χ1) is 13.3. The number of ether oxygens (including phenoxy) is 1. The number of aryl methyl sites for hydroxylation is 1. The molecule has 1 aliphatic heterocycles. The molecule has 3 nitrogen and oxygen atoms in total. The van der Waals surface area contributed by atoms with Gasteiger partial charge < -0.3 is 4.74 Å². The van der Waals surface area contributed by atoms with E-state index in [4.69, 9.17) is 4.74 Å². The van der Waals surface area contributed by atoms with Gasteiger partial charge >= 0.3 is 0 Å². The Hall–Kier alpha value is -3.38. The third-order valence-electron chi connectivity index (χ3n) is 5.02. The van der Waals surface area contributed by atoms with E-state index >= 15 is 0 Å². The number of hydrogen-bond donors (Lipinski definition) is 0. The van der Waals surface area contributed by atoms with E-state index in [0.717, 1.165) is 23.1 Å². The third kappa shape index (κ3) is 3.47. The summed E-state index contributed by atoms with van der Waals surface area (Å²) in [6.07, 6.45) is 4.19. The van der Waals surface area contributed by atoms with E-state index in [1.165, 1.54) is 5.56 Å². The van der Waals surface area contributed by atoms with Crippen LogP contribution in [-0.2, 0) is 4.74 Å². The molecule has 1 aromatic heterocycles. The molecule has 3 heteroatoms. The van der Waals surface area contributed by atoms with Crippen molar-refractivity contribution >= 4 is 5.76 Å². The molecule has 0 saturated carbocycles. The fraction of sp³-hybridized carbons (Fsp3) is 0.167. The van der Waals surface area contributed by atoms with Crippen molar-refractivity contribution in [3.05, 3.63) is 107 Å². The minimum absolute atomic E-state index is 0.0201. The summed E-state index contributed by atoms with van der Waals surface area (Å²) in [7, 11) is 0. The maximum absolute atomic E-state index is 9.94. The van der Waals surface area contributed by atoms with Crippen LogP contribution in [0.4, 0.5) is 0 Å².